The molecule has 0 bridgehead atoms. The van der Waals surface area contributed by atoms with Crippen molar-refractivity contribution in [1.82, 2.24) is 19.7 Å². The zero-order chi connectivity index (χ0) is 21.3. The van der Waals surface area contributed by atoms with E-state index >= 15 is 0 Å². The minimum absolute atomic E-state index is 0.0179. The molecule has 1 amide bonds. The van der Waals surface area contributed by atoms with E-state index in [1.165, 1.54) is 22.7 Å². The molecular weight excluding hydrogens is 399 g/mol. The molecule has 3 aromatic heterocycles. The van der Waals surface area contributed by atoms with Gasteiger partial charge in [-0.05, 0) is 43.9 Å². The van der Waals surface area contributed by atoms with Crippen LogP contribution in [0.15, 0.2) is 47.5 Å². The maximum Gasteiger partial charge on any atom is 0.434 e. The number of anilines is 1. The minimum atomic E-state index is -4.50. The van der Waals surface area contributed by atoms with Gasteiger partial charge < -0.3 is 15.6 Å². The second kappa shape index (κ2) is 7.85. The molecule has 0 spiro atoms. The van der Waals surface area contributed by atoms with Crippen molar-refractivity contribution in [2.75, 3.05) is 5.32 Å². The molecule has 0 aromatic carbocycles. The Morgan fingerprint density at radius 3 is 2.57 bits per heavy atom. The Hall–Kier alpha value is -3.30. The number of fused-ring (bicyclic) bond motifs is 1. The van der Waals surface area contributed by atoms with E-state index in [4.69, 9.17) is 0 Å². The number of aromatic amines is 1. The number of hydrogen-bond acceptors (Lipinski definition) is 4. The molecule has 3 aromatic rings. The fraction of sp³-hybridized carbons (Fsp3) is 0.350. The van der Waals surface area contributed by atoms with Crippen LogP contribution in [0.1, 0.15) is 41.7 Å². The third-order valence-electron chi connectivity index (χ3n) is 5.23. The van der Waals surface area contributed by atoms with Crippen LogP contribution in [0.25, 0.3) is 5.65 Å². The first-order chi connectivity index (χ1) is 14.3. The number of rotatable bonds is 4. The first-order valence-corrected chi connectivity index (χ1v) is 9.61. The zero-order valence-electron chi connectivity index (χ0n) is 15.9. The summed E-state index contributed by atoms with van der Waals surface area (Å²) in [5.74, 6) is 0.256. The molecule has 7 nitrogen and oxygen atoms in total. The highest BCUT2D eigenvalue weighted by molar-refractivity contribution is 5.94. The van der Waals surface area contributed by atoms with Crippen molar-refractivity contribution in [3.8, 4) is 0 Å². The SMILES string of the molecule is O=C(NC1CCC(Nc2cccc3nc(C(F)(F)F)cn23)CC1)c1cc[nH]c(=O)c1. The van der Waals surface area contributed by atoms with E-state index in [0.29, 0.717) is 11.4 Å². The molecule has 1 aliphatic rings. The Balaban J connectivity index is 1.38. The normalized spacial score (nSPS) is 19.6. The van der Waals surface area contributed by atoms with Crippen LogP contribution in [0.5, 0.6) is 0 Å². The summed E-state index contributed by atoms with van der Waals surface area (Å²) in [7, 11) is 0. The van der Waals surface area contributed by atoms with Gasteiger partial charge >= 0.3 is 6.18 Å². The third-order valence-corrected chi connectivity index (χ3v) is 5.23. The van der Waals surface area contributed by atoms with Crippen LogP contribution < -0.4 is 16.2 Å². The zero-order valence-corrected chi connectivity index (χ0v) is 15.9. The lowest BCUT2D eigenvalue weighted by atomic mass is 9.91. The van der Waals surface area contributed by atoms with Crippen LogP contribution in [-0.4, -0.2) is 32.4 Å². The lowest BCUT2D eigenvalue weighted by Crippen LogP contribution is -2.40. The van der Waals surface area contributed by atoms with Crippen molar-refractivity contribution in [1.29, 1.82) is 0 Å². The number of carbonyl (C=O) groups is 1. The number of carbonyl (C=O) groups excluding carboxylic acids is 1. The topological polar surface area (TPSA) is 91.3 Å². The highest BCUT2D eigenvalue weighted by atomic mass is 19.4. The largest absolute Gasteiger partial charge is 0.434 e. The number of halogens is 3. The number of alkyl halides is 3. The number of hydrogen-bond donors (Lipinski definition) is 3. The lowest BCUT2D eigenvalue weighted by Gasteiger charge is -2.30. The Bertz CT molecular complexity index is 1110. The van der Waals surface area contributed by atoms with Gasteiger partial charge in [-0.3, -0.25) is 14.0 Å². The molecule has 0 atom stereocenters. The molecule has 158 valence electrons. The van der Waals surface area contributed by atoms with Gasteiger partial charge in [-0.25, -0.2) is 4.98 Å². The molecule has 30 heavy (non-hydrogen) atoms. The first kappa shape index (κ1) is 20.0. The second-order valence-corrected chi connectivity index (χ2v) is 7.37. The summed E-state index contributed by atoms with van der Waals surface area (Å²) in [5.41, 5.74) is -0.724. The van der Waals surface area contributed by atoms with Crippen molar-refractivity contribution in [2.45, 2.75) is 43.9 Å². The van der Waals surface area contributed by atoms with Crippen molar-refractivity contribution in [3.63, 3.8) is 0 Å². The Morgan fingerprint density at radius 2 is 1.87 bits per heavy atom. The third kappa shape index (κ3) is 4.32. The quantitative estimate of drug-likeness (QED) is 0.606. The van der Waals surface area contributed by atoms with E-state index in [1.54, 1.807) is 18.2 Å². The standard InChI is InChI=1S/C20H20F3N5O2/c21-20(22,23)15-11-28-16(2-1-3-17(28)27-15)25-13-4-6-14(7-5-13)26-19(30)12-8-9-24-18(29)10-12/h1-3,8-11,13-14,25H,4-7H2,(H,24,29)(H,26,30). The Kier molecular flexibility index (Phi) is 5.23. The van der Waals surface area contributed by atoms with Gasteiger partial charge in [0.2, 0.25) is 5.56 Å². The van der Waals surface area contributed by atoms with Crippen LogP contribution in [0.3, 0.4) is 0 Å². The molecule has 3 heterocycles. The Labute approximate surface area is 169 Å². The molecule has 1 aliphatic carbocycles. The fourth-order valence-electron chi connectivity index (χ4n) is 3.71. The number of nitrogens with one attached hydrogen (secondary N) is 3. The van der Waals surface area contributed by atoms with E-state index < -0.39 is 11.9 Å². The van der Waals surface area contributed by atoms with Gasteiger partial charge in [0, 0.05) is 36.1 Å². The van der Waals surface area contributed by atoms with Gasteiger partial charge in [-0.1, -0.05) is 6.07 Å². The molecule has 3 N–H and O–H groups in total. The molecular formula is C20H20F3N5O2. The van der Waals surface area contributed by atoms with Crippen molar-refractivity contribution in [2.24, 2.45) is 0 Å². The molecule has 0 unspecified atom stereocenters. The van der Waals surface area contributed by atoms with Crippen molar-refractivity contribution >= 4 is 17.4 Å². The number of aromatic nitrogens is 3. The van der Waals surface area contributed by atoms with E-state index in [1.807, 2.05) is 0 Å². The van der Waals surface area contributed by atoms with Gasteiger partial charge in [0.25, 0.3) is 5.91 Å². The number of pyridine rings is 2. The summed E-state index contributed by atoms with van der Waals surface area (Å²) >= 11 is 0. The van der Waals surface area contributed by atoms with Gasteiger partial charge in [0.15, 0.2) is 5.69 Å². The van der Waals surface area contributed by atoms with Gasteiger partial charge in [-0.2, -0.15) is 13.2 Å². The number of nitrogens with zero attached hydrogens (tertiary/aromatic N) is 2. The lowest BCUT2D eigenvalue weighted by molar-refractivity contribution is -0.140. The van der Waals surface area contributed by atoms with Crippen LogP contribution in [0.2, 0.25) is 0 Å². The summed E-state index contributed by atoms with van der Waals surface area (Å²) in [6.45, 7) is 0. The van der Waals surface area contributed by atoms with Gasteiger partial charge in [0.1, 0.15) is 11.5 Å². The van der Waals surface area contributed by atoms with Crippen LogP contribution in [-0.2, 0) is 6.18 Å². The second-order valence-electron chi connectivity index (χ2n) is 7.37. The maximum absolute atomic E-state index is 13.0. The number of imidazole rings is 1. The van der Waals surface area contributed by atoms with Gasteiger partial charge in [-0.15, -0.1) is 0 Å². The maximum atomic E-state index is 13.0. The molecule has 0 aliphatic heterocycles. The van der Waals surface area contributed by atoms with E-state index in [-0.39, 0.29) is 29.2 Å². The van der Waals surface area contributed by atoms with E-state index in [2.05, 4.69) is 20.6 Å². The monoisotopic (exact) mass is 419 g/mol. The molecule has 4 rings (SSSR count). The fourth-order valence-corrected chi connectivity index (χ4v) is 3.71. The summed E-state index contributed by atoms with van der Waals surface area (Å²) < 4.78 is 40.3. The van der Waals surface area contributed by atoms with Crippen molar-refractivity contribution in [3.05, 3.63) is 64.3 Å². The molecule has 0 radical (unpaired) electrons. The summed E-state index contributed by atoms with van der Waals surface area (Å²) in [5, 5.41) is 6.24. The Morgan fingerprint density at radius 1 is 1.13 bits per heavy atom. The number of H-pyrrole nitrogens is 1. The molecule has 1 fully saturated rings. The summed E-state index contributed by atoms with van der Waals surface area (Å²) in [6.07, 6.45) is 0.864. The first-order valence-electron chi connectivity index (χ1n) is 9.61. The van der Waals surface area contributed by atoms with E-state index in [9.17, 15) is 22.8 Å². The predicted molar refractivity (Wildman–Crippen MR) is 104 cm³/mol. The number of amides is 1. The molecule has 1 saturated carbocycles. The highest BCUT2D eigenvalue weighted by Crippen LogP contribution is 2.30. The van der Waals surface area contributed by atoms with Crippen LogP contribution in [0, 0.1) is 0 Å². The minimum Gasteiger partial charge on any atom is -0.368 e. The van der Waals surface area contributed by atoms with Crippen molar-refractivity contribution < 1.29 is 18.0 Å². The summed E-state index contributed by atoms with van der Waals surface area (Å²) in [6, 6.07) is 7.76. The molecule has 0 saturated heterocycles. The highest BCUT2D eigenvalue weighted by Gasteiger charge is 2.34. The predicted octanol–water partition coefficient (Wildman–Crippen LogP) is 3.19. The van der Waals surface area contributed by atoms with Crippen LogP contribution in [0.4, 0.5) is 19.0 Å². The average molecular weight is 419 g/mol. The van der Waals surface area contributed by atoms with Crippen LogP contribution >= 0.6 is 0 Å². The van der Waals surface area contributed by atoms with E-state index in [0.717, 1.165) is 31.9 Å². The molecule has 10 heteroatoms. The average Bonchev–Trinajstić information content (AvgIpc) is 3.15. The summed E-state index contributed by atoms with van der Waals surface area (Å²) in [4.78, 5) is 29.7. The van der Waals surface area contributed by atoms with Gasteiger partial charge in [0.05, 0.1) is 0 Å². The smallest absolute Gasteiger partial charge is 0.368 e.